The maximum absolute atomic E-state index is 11.9. The molecule has 0 unspecified atom stereocenters. The van der Waals surface area contributed by atoms with Crippen LogP contribution in [-0.4, -0.2) is 63.5 Å². The number of carbonyl (C=O) groups excluding carboxylic acids is 4. The summed E-state index contributed by atoms with van der Waals surface area (Å²) in [5.74, 6) is -6.06. The van der Waals surface area contributed by atoms with Crippen molar-refractivity contribution in [3.63, 3.8) is 0 Å². The van der Waals surface area contributed by atoms with E-state index in [1.54, 1.807) is 13.8 Å². The van der Waals surface area contributed by atoms with Gasteiger partial charge in [0.05, 0.1) is 43.4 Å². The zero-order valence-corrected chi connectivity index (χ0v) is 15.4. The van der Waals surface area contributed by atoms with Crippen LogP contribution in [-0.2, 0) is 38.1 Å². The summed E-state index contributed by atoms with van der Waals surface area (Å²) in [6.07, 6.45) is -1.98. The molecule has 0 heterocycles. The van der Waals surface area contributed by atoms with Gasteiger partial charge in [-0.2, -0.15) is 0 Å². The Morgan fingerprint density at radius 3 is 1.52 bits per heavy atom. The first-order valence-electron chi connectivity index (χ1n) is 8.30. The van der Waals surface area contributed by atoms with Crippen LogP contribution in [0.2, 0.25) is 0 Å². The van der Waals surface area contributed by atoms with E-state index in [0.717, 1.165) is 0 Å². The average molecular weight is 388 g/mol. The second-order valence-electron chi connectivity index (χ2n) is 5.32. The topological polar surface area (TPSA) is 151 Å². The van der Waals surface area contributed by atoms with Crippen LogP contribution in [0.25, 0.3) is 0 Å². The molecule has 0 aliphatic carbocycles. The van der Waals surface area contributed by atoms with Crippen molar-refractivity contribution in [2.24, 2.45) is 5.41 Å². The van der Waals surface area contributed by atoms with Gasteiger partial charge in [-0.15, -0.1) is 0 Å². The molecule has 154 valence electrons. The number of carboxylic acids is 2. The maximum Gasteiger partial charge on any atom is 0.307 e. The van der Waals surface area contributed by atoms with Gasteiger partial charge in [-0.3, -0.25) is 9.59 Å². The van der Waals surface area contributed by atoms with Gasteiger partial charge in [-0.25, -0.2) is 0 Å². The van der Waals surface area contributed by atoms with Crippen LogP contribution in [0.4, 0.5) is 0 Å². The molecule has 0 rings (SSSR count). The van der Waals surface area contributed by atoms with Crippen molar-refractivity contribution in [2.45, 2.75) is 26.7 Å². The van der Waals surface area contributed by atoms with E-state index >= 15 is 0 Å². The van der Waals surface area contributed by atoms with Gasteiger partial charge >= 0.3 is 11.9 Å². The van der Waals surface area contributed by atoms with Crippen LogP contribution in [0.15, 0.2) is 12.2 Å². The molecule has 0 atom stereocenters. The number of esters is 2. The van der Waals surface area contributed by atoms with Crippen molar-refractivity contribution in [3.05, 3.63) is 12.2 Å². The highest BCUT2D eigenvalue weighted by Gasteiger charge is 2.41. The van der Waals surface area contributed by atoms with Gasteiger partial charge in [-0.1, -0.05) is 6.58 Å². The van der Waals surface area contributed by atoms with E-state index in [1.165, 1.54) is 0 Å². The smallest absolute Gasteiger partial charge is 0.307 e. The third kappa shape index (κ3) is 8.65. The Hall–Kier alpha value is -2.46. The first-order chi connectivity index (χ1) is 12.7. The number of hydrogen-bond acceptors (Lipinski definition) is 10. The van der Waals surface area contributed by atoms with Gasteiger partial charge in [0.1, 0.15) is 13.2 Å². The molecule has 10 heteroatoms. The van der Waals surface area contributed by atoms with Crippen LogP contribution < -0.4 is 10.2 Å². The van der Waals surface area contributed by atoms with Crippen molar-refractivity contribution in [2.75, 3.05) is 39.6 Å². The van der Waals surface area contributed by atoms with Gasteiger partial charge in [0, 0.05) is 13.2 Å². The number of rotatable bonds is 15. The molecule has 0 saturated heterocycles. The molecule has 0 saturated carbocycles. The summed E-state index contributed by atoms with van der Waals surface area (Å²) in [4.78, 5) is 46.7. The molecule has 0 N–H and O–H groups in total. The molecule has 0 bridgehead atoms. The highest BCUT2D eigenvalue weighted by Crippen LogP contribution is 2.35. The Morgan fingerprint density at radius 1 is 0.815 bits per heavy atom. The zero-order chi connectivity index (χ0) is 20.9. The third-order valence-electron chi connectivity index (χ3n) is 3.50. The Labute approximate surface area is 157 Å². The highest BCUT2D eigenvalue weighted by molar-refractivity contribution is 5.99. The van der Waals surface area contributed by atoms with E-state index in [2.05, 4.69) is 6.58 Å². The summed E-state index contributed by atoms with van der Waals surface area (Å²) in [7, 11) is 0. The van der Waals surface area contributed by atoms with Gasteiger partial charge in [0.15, 0.2) is 0 Å². The van der Waals surface area contributed by atoms with E-state index in [4.69, 9.17) is 18.9 Å². The normalized spacial score (nSPS) is 10.9. The van der Waals surface area contributed by atoms with Crippen LogP contribution in [0, 0.1) is 5.41 Å². The molecule has 27 heavy (non-hydrogen) atoms. The minimum absolute atomic E-state index is 0.0709. The van der Waals surface area contributed by atoms with E-state index in [-0.39, 0.29) is 26.4 Å². The number of ether oxygens (including phenoxy) is 4. The summed E-state index contributed by atoms with van der Waals surface area (Å²) in [6.45, 7) is 7.14. The van der Waals surface area contributed by atoms with Crippen LogP contribution in [0.3, 0.4) is 0 Å². The molecule has 0 aromatic heterocycles. The van der Waals surface area contributed by atoms with Gasteiger partial charge < -0.3 is 38.7 Å². The fourth-order valence-corrected chi connectivity index (χ4v) is 2.05. The Bertz CT molecular complexity index is 514. The van der Waals surface area contributed by atoms with Crippen LogP contribution >= 0.6 is 0 Å². The van der Waals surface area contributed by atoms with Gasteiger partial charge in [-0.05, 0) is 19.4 Å². The molecular weight excluding hydrogens is 364 g/mol. The lowest BCUT2D eigenvalue weighted by Crippen LogP contribution is -2.50. The second-order valence-corrected chi connectivity index (χ2v) is 5.32. The monoisotopic (exact) mass is 388 g/mol. The number of carbonyl (C=O) groups is 4. The van der Waals surface area contributed by atoms with Crippen molar-refractivity contribution >= 4 is 23.9 Å². The number of aliphatic carboxylic acids is 2. The lowest BCUT2D eigenvalue weighted by Gasteiger charge is -2.35. The molecule has 0 fully saturated rings. The lowest BCUT2D eigenvalue weighted by atomic mass is 9.75. The molecule has 0 aliphatic heterocycles. The van der Waals surface area contributed by atoms with E-state index < -0.39 is 47.7 Å². The molecule has 0 amide bonds. The molecule has 10 nitrogen and oxygen atoms in total. The maximum atomic E-state index is 11.9. The van der Waals surface area contributed by atoms with Crippen LogP contribution in [0.1, 0.15) is 26.7 Å². The van der Waals surface area contributed by atoms with Crippen molar-refractivity contribution in [1.82, 2.24) is 0 Å². The molecular formula is C17H24O10-2. The standard InChI is InChI=1S/C17H26O10/c1-4-24-6-8-26-13(18)10-17(16(22)23,12(3)15(20)21)11-14(19)27-9-7-25-5-2/h3-11H2,1-2H3,(H,20,21)(H,22,23)/p-2. The summed E-state index contributed by atoms with van der Waals surface area (Å²) >= 11 is 0. The average Bonchev–Trinajstić information content (AvgIpc) is 2.60. The minimum atomic E-state index is -2.57. The van der Waals surface area contributed by atoms with Crippen molar-refractivity contribution in [1.29, 1.82) is 0 Å². The van der Waals surface area contributed by atoms with Crippen molar-refractivity contribution in [3.8, 4) is 0 Å². The van der Waals surface area contributed by atoms with Gasteiger partial charge in [0.25, 0.3) is 0 Å². The number of carboxylic acid groups (broad SMARTS) is 2. The molecule has 0 aromatic rings. The largest absolute Gasteiger partial charge is 0.549 e. The lowest BCUT2D eigenvalue weighted by molar-refractivity contribution is -0.322. The fraction of sp³-hybridized carbons (Fsp3) is 0.647. The molecule has 0 radical (unpaired) electrons. The fourth-order valence-electron chi connectivity index (χ4n) is 2.05. The van der Waals surface area contributed by atoms with E-state index in [9.17, 15) is 29.4 Å². The Morgan fingerprint density at radius 2 is 1.22 bits per heavy atom. The SMILES string of the molecule is C=C(C(=O)[O-])C(CC(=O)OCCOCC)(CC(=O)OCCOCC)C(=O)[O-]. The number of hydrogen-bond donors (Lipinski definition) is 0. The van der Waals surface area contributed by atoms with Crippen molar-refractivity contribution < 1.29 is 48.3 Å². The zero-order valence-electron chi connectivity index (χ0n) is 15.4. The molecule has 0 aliphatic rings. The van der Waals surface area contributed by atoms with Crippen LogP contribution in [0.5, 0.6) is 0 Å². The molecule has 0 spiro atoms. The minimum Gasteiger partial charge on any atom is -0.549 e. The third-order valence-corrected chi connectivity index (χ3v) is 3.50. The quantitative estimate of drug-likeness (QED) is 0.174. The summed E-state index contributed by atoms with van der Waals surface area (Å²) in [6, 6.07) is 0. The molecule has 0 aromatic carbocycles. The van der Waals surface area contributed by atoms with E-state index in [1.807, 2.05) is 0 Å². The van der Waals surface area contributed by atoms with Gasteiger partial charge in [0.2, 0.25) is 0 Å². The predicted molar refractivity (Wildman–Crippen MR) is 85.7 cm³/mol. The Balaban J connectivity index is 5.21. The Kier molecular flexibility index (Phi) is 11.7. The van der Waals surface area contributed by atoms with E-state index in [0.29, 0.717) is 13.2 Å². The summed E-state index contributed by atoms with van der Waals surface area (Å²) in [5, 5.41) is 22.8. The summed E-state index contributed by atoms with van der Waals surface area (Å²) < 4.78 is 19.5. The highest BCUT2D eigenvalue weighted by atomic mass is 16.6. The predicted octanol–water partition coefficient (Wildman–Crippen LogP) is -2.03. The first kappa shape index (κ1) is 24.5. The first-order valence-corrected chi connectivity index (χ1v) is 8.30. The summed E-state index contributed by atoms with van der Waals surface area (Å²) in [5.41, 5.74) is -3.56. The second kappa shape index (κ2) is 12.8.